The molecule has 1 rings (SSSR count). The van der Waals surface area contributed by atoms with Gasteiger partial charge in [-0.05, 0) is 39.0 Å². The van der Waals surface area contributed by atoms with Crippen molar-refractivity contribution in [3.05, 3.63) is 0 Å². The van der Waals surface area contributed by atoms with Crippen LogP contribution in [0.3, 0.4) is 0 Å². The van der Waals surface area contributed by atoms with Crippen LogP contribution in [0.1, 0.15) is 72.6 Å². The van der Waals surface area contributed by atoms with Crippen molar-refractivity contribution in [2.24, 2.45) is 11.8 Å². The number of carboxylic acid groups (broad SMARTS) is 1. The van der Waals surface area contributed by atoms with E-state index in [0.29, 0.717) is 12.3 Å². The Morgan fingerprint density at radius 1 is 1.27 bits per heavy atom. The lowest BCUT2D eigenvalue weighted by atomic mass is 9.77. The highest BCUT2D eigenvalue weighted by Crippen LogP contribution is 2.33. The lowest BCUT2D eigenvalue weighted by Crippen LogP contribution is -2.43. The van der Waals surface area contributed by atoms with Crippen LogP contribution in [0.5, 0.6) is 0 Å². The van der Waals surface area contributed by atoms with Crippen molar-refractivity contribution in [3.8, 4) is 0 Å². The number of hydrogen-bond donors (Lipinski definition) is 2. The summed E-state index contributed by atoms with van der Waals surface area (Å²) in [5.41, 5.74) is -0.620. The zero-order valence-electron chi connectivity index (χ0n) is 14.4. The summed E-state index contributed by atoms with van der Waals surface area (Å²) in [6.45, 7) is 7.56. The second-order valence-electron chi connectivity index (χ2n) is 7.49. The number of nitrogens with one attached hydrogen (secondary N) is 1. The summed E-state index contributed by atoms with van der Waals surface area (Å²) in [5, 5.41) is 11.7. The third-order valence-electron chi connectivity index (χ3n) is 4.35. The molecule has 5 nitrogen and oxygen atoms in total. The molecule has 0 bridgehead atoms. The third kappa shape index (κ3) is 7.14. The fraction of sp³-hybridized carbons (Fsp3) is 0.882. The maximum atomic E-state index is 11.7. The number of amides is 1. The van der Waals surface area contributed by atoms with Gasteiger partial charge in [0.05, 0.1) is 0 Å². The first-order valence-corrected chi connectivity index (χ1v) is 8.41. The lowest BCUT2D eigenvalue weighted by Gasteiger charge is -2.29. The van der Waals surface area contributed by atoms with Crippen molar-refractivity contribution in [3.63, 3.8) is 0 Å². The standard InChI is InChI=1S/C17H31NO4/c1-12-8-5-6-9-13(12)10-7-11-14(15(19)20)18-16(21)22-17(2,3)4/h12-14H,5-11H2,1-4H3,(H,18,21)(H,19,20)/t12-,13?,14-/m0/s1. The Kier molecular flexibility index (Phi) is 7.17. The van der Waals surface area contributed by atoms with Crippen LogP contribution in [0.15, 0.2) is 0 Å². The van der Waals surface area contributed by atoms with Crippen LogP contribution in [-0.4, -0.2) is 28.8 Å². The summed E-state index contributed by atoms with van der Waals surface area (Å²) in [6.07, 6.45) is 6.79. The highest BCUT2D eigenvalue weighted by molar-refractivity contribution is 5.79. The predicted molar refractivity (Wildman–Crippen MR) is 85.8 cm³/mol. The van der Waals surface area contributed by atoms with Crippen LogP contribution in [0, 0.1) is 11.8 Å². The van der Waals surface area contributed by atoms with Gasteiger partial charge < -0.3 is 15.2 Å². The highest BCUT2D eigenvalue weighted by atomic mass is 16.6. The maximum absolute atomic E-state index is 11.7. The normalized spacial score (nSPS) is 23.6. The smallest absolute Gasteiger partial charge is 0.408 e. The number of carbonyl (C=O) groups excluding carboxylic acids is 1. The lowest BCUT2D eigenvalue weighted by molar-refractivity contribution is -0.139. The van der Waals surface area contributed by atoms with Gasteiger partial charge in [-0.3, -0.25) is 0 Å². The van der Waals surface area contributed by atoms with E-state index in [2.05, 4.69) is 12.2 Å². The molecular weight excluding hydrogens is 282 g/mol. The van der Waals surface area contributed by atoms with Gasteiger partial charge in [-0.25, -0.2) is 9.59 Å². The molecule has 2 N–H and O–H groups in total. The minimum absolute atomic E-state index is 0.456. The van der Waals surface area contributed by atoms with Crippen molar-refractivity contribution in [1.82, 2.24) is 5.32 Å². The first-order valence-electron chi connectivity index (χ1n) is 8.41. The fourth-order valence-electron chi connectivity index (χ4n) is 3.11. The van der Waals surface area contributed by atoms with Gasteiger partial charge in [0.2, 0.25) is 0 Å². The van der Waals surface area contributed by atoms with Crippen LogP contribution in [-0.2, 0) is 9.53 Å². The first kappa shape index (κ1) is 18.8. The Morgan fingerprint density at radius 2 is 1.91 bits per heavy atom. The number of carbonyl (C=O) groups is 2. The van der Waals surface area contributed by atoms with Crippen molar-refractivity contribution in [1.29, 1.82) is 0 Å². The van der Waals surface area contributed by atoms with E-state index in [0.717, 1.165) is 18.8 Å². The first-order chi connectivity index (χ1) is 10.2. The molecule has 1 saturated carbocycles. The molecule has 1 aliphatic rings. The quantitative estimate of drug-likeness (QED) is 0.778. The van der Waals surface area contributed by atoms with Crippen molar-refractivity contribution in [2.75, 3.05) is 0 Å². The fourth-order valence-corrected chi connectivity index (χ4v) is 3.11. The minimum Gasteiger partial charge on any atom is -0.480 e. The Balaban J connectivity index is 2.37. The van der Waals surface area contributed by atoms with Crippen LogP contribution in [0.4, 0.5) is 4.79 Å². The molecule has 0 aromatic carbocycles. The molecule has 22 heavy (non-hydrogen) atoms. The van der Waals surface area contributed by atoms with E-state index < -0.39 is 23.7 Å². The molecule has 0 saturated heterocycles. The average Bonchev–Trinajstić information content (AvgIpc) is 2.37. The van der Waals surface area contributed by atoms with Gasteiger partial charge >= 0.3 is 12.1 Å². The summed E-state index contributed by atoms with van der Waals surface area (Å²) in [6, 6.07) is -0.867. The molecule has 0 radical (unpaired) electrons. The monoisotopic (exact) mass is 313 g/mol. The molecule has 3 atom stereocenters. The Bertz CT molecular complexity index is 375. The average molecular weight is 313 g/mol. The molecule has 0 aromatic heterocycles. The summed E-state index contributed by atoms with van der Waals surface area (Å²) in [4.78, 5) is 23.0. The van der Waals surface area contributed by atoms with Gasteiger partial charge in [-0.2, -0.15) is 0 Å². The number of alkyl carbamates (subject to hydrolysis) is 1. The summed E-state index contributed by atoms with van der Waals surface area (Å²) in [7, 11) is 0. The molecule has 1 unspecified atom stereocenters. The zero-order valence-corrected chi connectivity index (χ0v) is 14.4. The maximum Gasteiger partial charge on any atom is 0.408 e. The van der Waals surface area contributed by atoms with E-state index in [-0.39, 0.29) is 0 Å². The molecule has 1 fully saturated rings. The minimum atomic E-state index is -0.998. The topological polar surface area (TPSA) is 75.6 Å². The Hall–Kier alpha value is -1.26. The second kappa shape index (κ2) is 8.39. The van der Waals surface area contributed by atoms with E-state index >= 15 is 0 Å². The molecule has 128 valence electrons. The van der Waals surface area contributed by atoms with Gasteiger partial charge in [0, 0.05) is 0 Å². The van der Waals surface area contributed by atoms with E-state index in [1.165, 1.54) is 25.7 Å². The van der Waals surface area contributed by atoms with Crippen molar-refractivity contribution >= 4 is 12.1 Å². The highest BCUT2D eigenvalue weighted by Gasteiger charge is 2.25. The largest absolute Gasteiger partial charge is 0.480 e. The molecule has 1 amide bonds. The van der Waals surface area contributed by atoms with Crippen LogP contribution in [0.25, 0.3) is 0 Å². The SMILES string of the molecule is C[C@H]1CCCCC1CCC[C@H](NC(=O)OC(C)(C)C)C(=O)O. The van der Waals surface area contributed by atoms with Crippen LogP contribution >= 0.6 is 0 Å². The van der Waals surface area contributed by atoms with Gasteiger partial charge in [0.25, 0.3) is 0 Å². The second-order valence-corrected chi connectivity index (χ2v) is 7.49. The summed E-state index contributed by atoms with van der Waals surface area (Å²) in [5.74, 6) is 0.433. The Morgan fingerprint density at radius 3 is 2.45 bits per heavy atom. The molecular formula is C17H31NO4. The van der Waals surface area contributed by atoms with E-state index in [1.54, 1.807) is 20.8 Å². The number of aliphatic carboxylic acids is 1. The molecule has 0 aromatic rings. The molecule has 5 heteroatoms. The van der Waals surface area contributed by atoms with Gasteiger partial charge in [-0.15, -0.1) is 0 Å². The number of carboxylic acids is 1. The van der Waals surface area contributed by atoms with Gasteiger partial charge in [0.1, 0.15) is 11.6 Å². The number of hydrogen-bond acceptors (Lipinski definition) is 3. The molecule has 0 aliphatic heterocycles. The van der Waals surface area contributed by atoms with Crippen LogP contribution in [0.2, 0.25) is 0 Å². The molecule has 0 spiro atoms. The molecule has 0 heterocycles. The summed E-state index contributed by atoms with van der Waals surface area (Å²) < 4.78 is 5.12. The number of rotatable bonds is 6. The van der Waals surface area contributed by atoms with E-state index in [9.17, 15) is 14.7 Å². The third-order valence-corrected chi connectivity index (χ3v) is 4.35. The van der Waals surface area contributed by atoms with Crippen LogP contribution < -0.4 is 5.32 Å². The number of ether oxygens (including phenoxy) is 1. The van der Waals surface area contributed by atoms with Gasteiger partial charge in [0.15, 0.2) is 0 Å². The van der Waals surface area contributed by atoms with E-state index in [4.69, 9.17) is 4.74 Å². The Labute approximate surface area is 133 Å². The zero-order chi connectivity index (χ0) is 16.8. The van der Waals surface area contributed by atoms with Gasteiger partial charge in [-0.1, -0.05) is 45.4 Å². The van der Waals surface area contributed by atoms with Crippen molar-refractivity contribution < 1.29 is 19.4 Å². The summed E-state index contributed by atoms with van der Waals surface area (Å²) >= 11 is 0. The molecule has 1 aliphatic carbocycles. The van der Waals surface area contributed by atoms with Crippen molar-refractivity contribution in [2.45, 2.75) is 84.3 Å². The van der Waals surface area contributed by atoms with E-state index in [1.807, 2.05) is 0 Å². The predicted octanol–water partition coefficient (Wildman–Crippen LogP) is 3.96.